The lowest BCUT2D eigenvalue weighted by atomic mass is 10.0. The van der Waals surface area contributed by atoms with Crippen LogP contribution in [0.2, 0.25) is 0 Å². The molecule has 2 aromatic rings. The molecule has 26 heavy (non-hydrogen) atoms. The predicted molar refractivity (Wildman–Crippen MR) is 98.5 cm³/mol. The van der Waals surface area contributed by atoms with Crippen LogP contribution in [0.4, 0.5) is 10.1 Å². The molecule has 0 aromatic heterocycles. The fourth-order valence-electron chi connectivity index (χ4n) is 2.56. The van der Waals surface area contributed by atoms with E-state index >= 15 is 0 Å². The van der Waals surface area contributed by atoms with Crippen molar-refractivity contribution >= 4 is 21.7 Å². The number of nitrogens with one attached hydrogen (secondary N) is 1. The maximum Gasteiger partial charge on any atom is 0.297 e. The van der Waals surface area contributed by atoms with Crippen molar-refractivity contribution in [2.24, 2.45) is 0 Å². The highest BCUT2D eigenvalue weighted by Crippen LogP contribution is 2.20. The second-order valence-electron chi connectivity index (χ2n) is 6.08. The van der Waals surface area contributed by atoms with Gasteiger partial charge in [-0.05, 0) is 48.7 Å². The summed E-state index contributed by atoms with van der Waals surface area (Å²) in [5.74, 6) is -1.53. The minimum atomic E-state index is -4.70. The van der Waals surface area contributed by atoms with Crippen LogP contribution < -0.4 is 5.32 Å². The zero-order valence-electron chi connectivity index (χ0n) is 14.5. The first-order valence-electron chi connectivity index (χ1n) is 8.48. The number of anilines is 1. The number of rotatable bonds is 8. The van der Waals surface area contributed by atoms with Crippen molar-refractivity contribution in [2.45, 2.75) is 43.9 Å². The lowest BCUT2D eigenvalue weighted by Gasteiger charge is -2.08. The van der Waals surface area contributed by atoms with Gasteiger partial charge in [-0.15, -0.1) is 0 Å². The standard InChI is InChI=1S/C19H22FNO4S/c1-2-3-4-5-6-14-7-9-15(10-8-14)19(22)21-16-11-12-17(20)18(13-16)26(23,24)25/h7-13H,2-6H2,1H3,(H,21,22)(H,23,24,25). The van der Waals surface area contributed by atoms with Crippen LogP contribution in [0.15, 0.2) is 47.4 Å². The Kier molecular flexibility index (Phi) is 6.88. The Balaban J connectivity index is 2.04. The Hall–Kier alpha value is -2.25. The van der Waals surface area contributed by atoms with E-state index in [1.165, 1.54) is 25.3 Å². The van der Waals surface area contributed by atoms with E-state index in [-0.39, 0.29) is 5.69 Å². The zero-order valence-corrected chi connectivity index (χ0v) is 15.4. The summed E-state index contributed by atoms with van der Waals surface area (Å²) in [5, 5.41) is 2.50. The van der Waals surface area contributed by atoms with Crippen molar-refractivity contribution in [1.29, 1.82) is 0 Å². The molecular formula is C19H22FNO4S. The monoisotopic (exact) mass is 379 g/mol. The number of carbonyl (C=O) groups excluding carboxylic acids is 1. The fraction of sp³-hybridized carbons (Fsp3) is 0.316. The van der Waals surface area contributed by atoms with E-state index in [4.69, 9.17) is 4.55 Å². The number of hydrogen-bond donors (Lipinski definition) is 2. The molecule has 0 aliphatic carbocycles. The molecule has 0 radical (unpaired) electrons. The average Bonchev–Trinajstić information content (AvgIpc) is 2.60. The van der Waals surface area contributed by atoms with Gasteiger partial charge in [-0.25, -0.2) is 4.39 Å². The molecule has 7 heteroatoms. The number of carbonyl (C=O) groups is 1. The summed E-state index contributed by atoms with van der Waals surface area (Å²) in [6, 6.07) is 10.1. The summed E-state index contributed by atoms with van der Waals surface area (Å²) in [5.41, 5.74) is 1.63. The van der Waals surface area contributed by atoms with Gasteiger partial charge in [-0.2, -0.15) is 8.42 Å². The second kappa shape index (κ2) is 8.91. The van der Waals surface area contributed by atoms with E-state index in [0.717, 1.165) is 30.5 Å². The zero-order chi connectivity index (χ0) is 19.2. The number of amides is 1. The Morgan fingerprint density at radius 3 is 2.38 bits per heavy atom. The van der Waals surface area contributed by atoms with E-state index in [9.17, 15) is 17.6 Å². The molecule has 0 saturated heterocycles. The van der Waals surface area contributed by atoms with E-state index in [2.05, 4.69) is 12.2 Å². The van der Waals surface area contributed by atoms with Crippen molar-refractivity contribution < 1.29 is 22.2 Å². The molecule has 2 aromatic carbocycles. The summed E-state index contributed by atoms with van der Waals surface area (Å²) in [4.78, 5) is 11.4. The maximum atomic E-state index is 13.5. The van der Waals surface area contributed by atoms with Crippen molar-refractivity contribution in [3.05, 3.63) is 59.4 Å². The molecule has 1 amide bonds. The molecule has 0 saturated carbocycles. The van der Waals surface area contributed by atoms with Gasteiger partial charge in [-0.1, -0.05) is 38.3 Å². The first-order chi connectivity index (χ1) is 12.3. The molecule has 140 valence electrons. The van der Waals surface area contributed by atoms with Gasteiger partial charge in [0.15, 0.2) is 0 Å². The van der Waals surface area contributed by atoms with Gasteiger partial charge in [-0.3, -0.25) is 9.35 Å². The molecule has 0 aliphatic heterocycles. The molecule has 2 N–H and O–H groups in total. The van der Waals surface area contributed by atoms with Gasteiger partial charge in [0.2, 0.25) is 0 Å². The third kappa shape index (κ3) is 5.64. The van der Waals surface area contributed by atoms with Crippen LogP contribution in [0.25, 0.3) is 0 Å². The molecule has 0 bridgehead atoms. The first-order valence-corrected chi connectivity index (χ1v) is 9.92. The first kappa shape index (κ1) is 20.1. The number of halogens is 1. The fourth-order valence-corrected chi connectivity index (χ4v) is 3.15. The summed E-state index contributed by atoms with van der Waals surface area (Å²) in [6.45, 7) is 2.16. The van der Waals surface area contributed by atoms with E-state index < -0.39 is 26.7 Å². The SMILES string of the molecule is CCCCCCc1ccc(C(=O)Nc2ccc(F)c(S(=O)(=O)O)c2)cc1. The third-order valence-electron chi connectivity index (χ3n) is 4.00. The minimum absolute atomic E-state index is 0.0765. The van der Waals surface area contributed by atoms with Crippen LogP contribution in [0.1, 0.15) is 48.5 Å². The minimum Gasteiger partial charge on any atom is -0.322 e. The second-order valence-corrected chi connectivity index (χ2v) is 7.47. The maximum absolute atomic E-state index is 13.5. The lowest BCUT2D eigenvalue weighted by Crippen LogP contribution is -2.13. The van der Waals surface area contributed by atoms with Crippen LogP contribution in [0, 0.1) is 5.82 Å². The molecule has 0 aliphatic rings. The van der Waals surface area contributed by atoms with Gasteiger partial charge >= 0.3 is 0 Å². The van der Waals surface area contributed by atoms with E-state index in [1.807, 2.05) is 12.1 Å². The third-order valence-corrected chi connectivity index (χ3v) is 4.87. The Morgan fingerprint density at radius 2 is 1.77 bits per heavy atom. The predicted octanol–water partition coefficient (Wildman–Crippen LogP) is 4.45. The van der Waals surface area contributed by atoms with Gasteiger partial charge < -0.3 is 5.32 Å². The van der Waals surface area contributed by atoms with Gasteiger partial charge in [0.1, 0.15) is 10.7 Å². The summed E-state index contributed by atoms with van der Waals surface area (Å²) >= 11 is 0. The van der Waals surface area contributed by atoms with Crippen molar-refractivity contribution in [2.75, 3.05) is 5.32 Å². The Labute approximate surface area is 153 Å². The largest absolute Gasteiger partial charge is 0.322 e. The van der Waals surface area contributed by atoms with E-state index in [1.54, 1.807) is 12.1 Å². The van der Waals surface area contributed by atoms with Crippen LogP contribution >= 0.6 is 0 Å². The molecule has 2 rings (SSSR count). The molecule has 5 nitrogen and oxygen atoms in total. The molecule has 0 unspecified atom stereocenters. The van der Waals surface area contributed by atoms with Crippen LogP contribution in [-0.4, -0.2) is 18.9 Å². The Bertz CT molecular complexity index is 864. The van der Waals surface area contributed by atoms with Crippen LogP contribution in [0.5, 0.6) is 0 Å². The highest BCUT2D eigenvalue weighted by molar-refractivity contribution is 7.85. The molecule has 0 fully saturated rings. The lowest BCUT2D eigenvalue weighted by molar-refractivity contribution is 0.102. The molecule has 0 spiro atoms. The topological polar surface area (TPSA) is 83.5 Å². The highest BCUT2D eigenvalue weighted by Gasteiger charge is 2.17. The number of benzene rings is 2. The van der Waals surface area contributed by atoms with Crippen LogP contribution in [-0.2, 0) is 16.5 Å². The number of aryl methyl sites for hydroxylation is 1. The van der Waals surface area contributed by atoms with Crippen molar-refractivity contribution in [3.63, 3.8) is 0 Å². The van der Waals surface area contributed by atoms with Crippen molar-refractivity contribution in [1.82, 2.24) is 0 Å². The normalized spacial score (nSPS) is 11.3. The van der Waals surface area contributed by atoms with Gasteiger partial charge in [0, 0.05) is 11.3 Å². The van der Waals surface area contributed by atoms with E-state index in [0.29, 0.717) is 5.56 Å². The summed E-state index contributed by atoms with van der Waals surface area (Å²) in [7, 11) is -4.70. The Morgan fingerprint density at radius 1 is 1.08 bits per heavy atom. The molecule has 0 heterocycles. The average molecular weight is 379 g/mol. The number of unbranched alkanes of at least 4 members (excludes halogenated alkanes) is 3. The highest BCUT2D eigenvalue weighted by atomic mass is 32.2. The molecular weight excluding hydrogens is 357 g/mol. The summed E-state index contributed by atoms with van der Waals surface area (Å²) < 4.78 is 44.7. The van der Waals surface area contributed by atoms with Gasteiger partial charge in [0.05, 0.1) is 0 Å². The number of hydrogen-bond acceptors (Lipinski definition) is 3. The summed E-state index contributed by atoms with van der Waals surface area (Å²) in [6.07, 6.45) is 5.63. The van der Waals surface area contributed by atoms with Crippen LogP contribution in [0.3, 0.4) is 0 Å². The van der Waals surface area contributed by atoms with Crippen molar-refractivity contribution in [3.8, 4) is 0 Å². The quantitative estimate of drug-likeness (QED) is 0.524. The smallest absolute Gasteiger partial charge is 0.297 e. The van der Waals surface area contributed by atoms with Gasteiger partial charge in [0.25, 0.3) is 16.0 Å². The molecule has 0 atom stereocenters.